The average molecular weight is 611 g/mol. The maximum atomic E-state index is 15.0. The number of nitrogens with zero attached hydrogens (tertiary/aromatic N) is 2. The summed E-state index contributed by atoms with van der Waals surface area (Å²) in [5.74, 6) is -0.568. The minimum absolute atomic E-state index is 0.121. The smallest absolute Gasteiger partial charge is 0.421 e. The molecule has 3 spiro atoms. The highest BCUT2D eigenvalue weighted by atomic mass is 79.9. The van der Waals surface area contributed by atoms with Crippen molar-refractivity contribution >= 4 is 62.4 Å². The number of amides is 3. The second-order valence-electron chi connectivity index (χ2n) is 12.3. The Morgan fingerprint density at radius 1 is 1.00 bits per heavy atom. The number of fused-ring (bicyclic) bond motifs is 6. The van der Waals surface area contributed by atoms with Gasteiger partial charge in [-0.1, -0.05) is 65.1 Å². The van der Waals surface area contributed by atoms with Gasteiger partial charge in [-0.2, -0.15) is 0 Å². The fourth-order valence-electron chi connectivity index (χ4n) is 7.66. The van der Waals surface area contributed by atoms with Crippen LogP contribution >= 0.6 is 28.1 Å². The highest BCUT2D eigenvalue weighted by molar-refractivity contribution is 9.10. The number of imide groups is 1. The third kappa shape index (κ3) is 3.14. The van der Waals surface area contributed by atoms with Crippen molar-refractivity contribution in [3.8, 4) is 0 Å². The molecule has 4 aliphatic rings. The molecule has 3 aliphatic heterocycles. The van der Waals surface area contributed by atoms with E-state index in [0.29, 0.717) is 24.1 Å². The number of carbonyl (C=O) groups is 3. The van der Waals surface area contributed by atoms with Crippen LogP contribution in [0.4, 0.5) is 16.2 Å². The minimum Gasteiger partial charge on any atom is -0.443 e. The minimum atomic E-state index is -1.42. The predicted molar refractivity (Wildman–Crippen MR) is 157 cm³/mol. The summed E-state index contributed by atoms with van der Waals surface area (Å²) in [5.41, 5.74) is -0.618. The lowest BCUT2D eigenvalue weighted by Crippen LogP contribution is -2.62. The number of thiocarbonyl (C=S) groups is 1. The summed E-state index contributed by atoms with van der Waals surface area (Å²) in [4.78, 5) is 46.3. The summed E-state index contributed by atoms with van der Waals surface area (Å²) in [6.07, 6.45) is 3.15. The van der Waals surface area contributed by atoms with Gasteiger partial charge >= 0.3 is 6.09 Å². The van der Waals surface area contributed by atoms with Crippen LogP contribution in [0.3, 0.4) is 0 Å². The lowest BCUT2D eigenvalue weighted by Gasteiger charge is -2.50. The SMILES string of the molecule is Cc1ccc2c(c1)[C@@]1(NC(=S)[C@]3(C(=O)N(C(=O)OC(C)(C)C)c4ccc(Br)cc43)C13CCCCC3)C(=O)N2C. The van der Waals surface area contributed by atoms with E-state index in [4.69, 9.17) is 17.0 Å². The van der Waals surface area contributed by atoms with E-state index < -0.39 is 34.0 Å². The van der Waals surface area contributed by atoms with Gasteiger partial charge in [-0.15, -0.1) is 0 Å². The van der Waals surface area contributed by atoms with Crippen LogP contribution in [0.2, 0.25) is 0 Å². The Labute approximate surface area is 242 Å². The third-order valence-electron chi connectivity index (χ3n) is 9.03. The molecule has 7 nitrogen and oxygen atoms in total. The van der Waals surface area contributed by atoms with Crippen LogP contribution in [-0.2, 0) is 25.3 Å². The van der Waals surface area contributed by atoms with Gasteiger partial charge in [0, 0.05) is 33.7 Å². The summed E-state index contributed by atoms with van der Waals surface area (Å²) in [5, 5.41) is 3.51. The van der Waals surface area contributed by atoms with Crippen molar-refractivity contribution < 1.29 is 19.1 Å². The molecule has 2 fully saturated rings. The van der Waals surface area contributed by atoms with E-state index in [2.05, 4.69) is 27.3 Å². The van der Waals surface area contributed by atoms with Crippen LogP contribution in [-0.4, -0.2) is 35.5 Å². The van der Waals surface area contributed by atoms with Gasteiger partial charge in [-0.3, -0.25) is 9.59 Å². The first kappa shape index (κ1) is 26.4. The standard InChI is InChI=1S/C30H32BrN3O4S/c1-17-9-11-21-20(15-17)30(25(36)33(21)5)28(13-7-6-8-14-28)29(23(39)32-30)19-16-18(31)10-12-22(19)34(24(29)35)26(37)38-27(2,3)4/h9-12,15-16H,6-8,13-14H2,1-5H3,(H,32,39)/t29-,30-/m1/s1. The molecular formula is C30H32BrN3O4S. The van der Waals surface area contributed by atoms with E-state index in [1.54, 1.807) is 38.8 Å². The highest BCUT2D eigenvalue weighted by Crippen LogP contribution is 2.70. The van der Waals surface area contributed by atoms with Crippen LogP contribution in [0.1, 0.15) is 69.6 Å². The van der Waals surface area contributed by atoms with Gasteiger partial charge in [-0.05, 0) is 64.8 Å². The quantitative estimate of drug-likeness (QED) is 0.367. The largest absolute Gasteiger partial charge is 0.443 e. The van der Waals surface area contributed by atoms with Gasteiger partial charge in [0.25, 0.3) is 11.8 Å². The first-order valence-corrected chi connectivity index (χ1v) is 14.6. The molecule has 3 heterocycles. The van der Waals surface area contributed by atoms with Crippen molar-refractivity contribution in [1.29, 1.82) is 0 Å². The van der Waals surface area contributed by atoms with Gasteiger partial charge in [0.1, 0.15) is 11.0 Å². The number of likely N-dealkylation sites (N-methyl/N-ethyl adjacent to an activating group) is 1. The second-order valence-corrected chi connectivity index (χ2v) is 13.6. The molecule has 1 saturated carbocycles. The Morgan fingerprint density at radius 3 is 2.33 bits per heavy atom. The summed E-state index contributed by atoms with van der Waals surface area (Å²) in [6.45, 7) is 7.32. The van der Waals surface area contributed by atoms with Crippen molar-refractivity contribution in [2.24, 2.45) is 5.41 Å². The van der Waals surface area contributed by atoms with E-state index in [-0.39, 0.29) is 10.9 Å². The lowest BCUT2D eigenvalue weighted by molar-refractivity contribution is -0.135. The molecule has 6 rings (SSSR count). The van der Waals surface area contributed by atoms with Crippen LogP contribution in [0.5, 0.6) is 0 Å². The Kier molecular flexibility index (Phi) is 5.67. The zero-order chi connectivity index (χ0) is 28.1. The predicted octanol–water partition coefficient (Wildman–Crippen LogP) is 6.03. The number of carbonyl (C=O) groups excluding carboxylic acids is 3. The number of halogens is 1. The molecule has 39 heavy (non-hydrogen) atoms. The monoisotopic (exact) mass is 609 g/mol. The molecule has 0 unspecified atom stereocenters. The molecule has 9 heteroatoms. The first-order chi connectivity index (χ1) is 18.3. The molecule has 0 radical (unpaired) electrons. The van der Waals surface area contributed by atoms with Crippen molar-refractivity contribution in [2.45, 2.75) is 76.4 Å². The number of aryl methyl sites for hydroxylation is 1. The van der Waals surface area contributed by atoms with Crippen molar-refractivity contribution in [1.82, 2.24) is 5.32 Å². The Morgan fingerprint density at radius 2 is 1.67 bits per heavy atom. The van der Waals surface area contributed by atoms with Crippen molar-refractivity contribution in [3.05, 3.63) is 57.6 Å². The van der Waals surface area contributed by atoms with Crippen LogP contribution in [0.25, 0.3) is 0 Å². The van der Waals surface area contributed by atoms with Crippen LogP contribution < -0.4 is 15.1 Å². The topological polar surface area (TPSA) is 79.0 Å². The highest BCUT2D eigenvalue weighted by Gasteiger charge is 2.81. The number of anilines is 2. The zero-order valence-corrected chi connectivity index (χ0v) is 25.2. The molecule has 2 atom stereocenters. The molecule has 0 bridgehead atoms. The lowest BCUT2D eigenvalue weighted by atomic mass is 9.49. The Bertz CT molecular complexity index is 1480. The second kappa shape index (κ2) is 8.36. The van der Waals surface area contributed by atoms with E-state index in [1.807, 2.05) is 31.2 Å². The summed E-state index contributed by atoms with van der Waals surface area (Å²) in [6, 6.07) is 11.5. The summed E-state index contributed by atoms with van der Waals surface area (Å²) >= 11 is 9.76. The van der Waals surface area contributed by atoms with Crippen LogP contribution in [0.15, 0.2) is 40.9 Å². The zero-order valence-electron chi connectivity index (χ0n) is 22.8. The van der Waals surface area contributed by atoms with Gasteiger partial charge in [0.05, 0.1) is 10.7 Å². The molecule has 204 valence electrons. The molecule has 2 aromatic carbocycles. The number of rotatable bonds is 0. The van der Waals surface area contributed by atoms with Gasteiger partial charge < -0.3 is 15.0 Å². The molecule has 1 N–H and O–H groups in total. The van der Waals surface area contributed by atoms with Gasteiger partial charge in [-0.25, -0.2) is 9.69 Å². The number of hydrogen-bond acceptors (Lipinski definition) is 5. The van der Waals surface area contributed by atoms with Crippen molar-refractivity contribution in [2.75, 3.05) is 16.8 Å². The molecular weight excluding hydrogens is 578 g/mol. The number of ether oxygens (including phenoxy) is 1. The first-order valence-electron chi connectivity index (χ1n) is 13.4. The van der Waals surface area contributed by atoms with Crippen molar-refractivity contribution in [3.63, 3.8) is 0 Å². The number of nitrogens with one attached hydrogen (secondary N) is 1. The average Bonchev–Trinajstić information content (AvgIpc) is 3.34. The van der Waals surface area contributed by atoms with E-state index in [1.165, 1.54) is 0 Å². The fraction of sp³-hybridized carbons (Fsp3) is 0.467. The molecule has 1 aliphatic carbocycles. The van der Waals surface area contributed by atoms with E-state index in [0.717, 1.165) is 45.4 Å². The fourth-order valence-corrected chi connectivity index (χ4v) is 8.56. The van der Waals surface area contributed by atoms with Gasteiger partial charge in [0.15, 0.2) is 5.54 Å². The molecule has 3 amide bonds. The normalized spacial score (nSPS) is 27.0. The molecule has 0 aromatic heterocycles. The number of benzene rings is 2. The maximum Gasteiger partial charge on any atom is 0.421 e. The Hall–Kier alpha value is -2.78. The summed E-state index contributed by atoms with van der Waals surface area (Å²) < 4.78 is 6.50. The van der Waals surface area contributed by atoms with Gasteiger partial charge in [0.2, 0.25) is 0 Å². The number of hydrogen-bond donors (Lipinski definition) is 1. The summed E-state index contributed by atoms with van der Waals surface area (Å²) in [7, 11) is 1.78. The van der Waals surface area contributed by atoms with E-state index in [9.17, 15) is 14.4 Å². The molecule has 1 saturated heterocycles. The van der Waals surface area contributed by atoms with Crippen LogP contribution in [0, 0.1) is 12.3 Å². The van der Waals surface area contributed by atoms with E-state index >= 15 is 0 Å². The Balaban J connectivity index is 1.68. The third-order valence-corrected chi connectivity index (χ3v) is 9.93. The maximum absolute atomic E-state index is 15.0. The molecule has 2 aromatic rings.